The first kappa shape index (κ1) is 30.6. The number of fused-ring (bicyclic) bond motifs is 2. The third-order valence-corrected chi connectivity index (χ3v) is 20.9. The van der Waals surface area contributed by atoms with Crippen molar-refractivity contribution in [3.63, 3.8) is 0 Å². The average Bonchev–Trinajstić information content (AvgIpc) is 3.17. The first-order chi connectivity index (χ1) is 17.3. The minimum absolute atomic E-state index is 0.0946. The molecule has 3 nitrogen and oxygen atoms in total. The molecule has 0 aromatic heterocycles. The minimum Gasteiger partial charge on any atom is -0.414 e. The molecule has 1 aromatic carbocycles. The van der Waals surface area contributed by atoms with Crippen molar-refractivity contribution in [3.8, 4) is 0 Å². The van der Waals surface area contributed by atoms with Crippen LogP contribution < -0.4 is 0 Å². The van der Waals surface area contributed by atoms with Crippen LogP contribution in [0.1, 0.15) is 79.7 Å². The molecule has 38 heavy (non-hydrogen) atoms. The standard InChI is InChI=1S/C32H54O3SSi2/c1-22-13-15-24(16-14-22)36-29-25-20-28(35-38(11,12)31(5,6)7)26-19-23(34-37(9,10)30(2,3)4)17-18-32(26,8)27(25)21-33-29/h13-16,23,26,28-29H,17-21H2,1-12H3/t23-,26-,28-,29?,32-/m0/s1. The SMILES string of the molecule is Cc1ccc(SC2OCC3=C2C[C@H](O[Si](C)(C)C(C)(C)C)[C@@H]2C[C@@H](O[Si](C)(C)C(C)(C)C)CC[C@]32C)cc1. The Morgan fingerprint density at radius 1 is 0.921 bits per heavy atom. The highest BCUT2D eigenvalue weighted by molar-refractivity contribution is 8.00. The van der Waals surface area contributed by atoms with E-state index in [1.165, 1.54) is 22.5 Å². The zero-order valence-electron chi connectivity index (χ0n) is 26.3. The molecule has 0 radical (unpaired) electrons. The van der Waals surface area contributed by atoms with E-state index < -0.39 is 16.6 Å². The summed E-state index contributed by atoms with van der Waals surface area (Å²) in [5.41, 5.74) is 4.61. The average molecular weight is 575 g/mol. The van der Waals surface area contributed by atoms with E-state index in [2.05, 4.69) is 106 Å². The van der Waals surface area contributed by atoms with Gasteiger partial charge in [-0.2, -0.15) is 0 Å². The van der Waals surface area contributed by atoms with E-state index in [1.807, 2.05) is 11.8 Å². The number of hydrogen-bond acceptors (Lipinski definition) is 4. The van der Waals surface area contributed by atoms with Crippen molar-refractivity contribution >= 4 is 28.4 Å². The molecule has 0 bridgehead atoms. The van der Waals surface area contributed by atoms with E-state index in [9.17, 15) is 0 Å². The lowest BCUT2D eigenvalue weighted by Crippen LogP contribution is -2.55. The summed E-state index contributed by atoms with van der Waals surface area (Å²) in [6.45, 7) is 29.3. The van der Waals surface area contributed by atoms with Crippen molar-refractivity contribution in [1.29, 1.82) is 0 Å². The summed E-state index contributed by atoms with van der Waals surface area (Å²) in [5.74, 6) is 0.477. The first-order valence-corrected chi connectivity index (χ1v) is 21.5. The molecule has 0 spiro atoms. The lowest BCUT2D eigenvalue weighted by molar-refractivity contribution is -0.0315. The molecule has 1 saturated carbocycles. The van der Waals surface area contributed by atoms with Crippen molar-refractivity contribution in [2.45, 2.75) is 140 Å². The zero-order valence-corrected chi connectivity index (χ0v) is 29.1. The molecule has 1 unspecified atom stereocenters. The Balaban J connectivity index is 1.65. The molecule has 1 fully saturated rings. The van der Waals surface area contributed by atoms with Crippen LogP contribution in [0.2, 0.25) is 36.3 Å². The van der Waals surface area contributed by atoms with E-state index in [0.717, 1.165) is 25.9 Å². The molecule has 6 heteroatoms. The maximum Gasteiger partial charge on any atom is 0.192 e. The van der Waals surface area contributed by atoms with Crippen LogP contribution in [0.15, 0.2) is 40.3 Å². The second-order valence-corrected chi connectivity index (χ2v) is 26.1. The monoisotopic (exact) mass is 574 g/mol. The van der Waals surface area contributed by atoms with E-state index in [0.29, 0.717) is 12.0 Å². The fourth-order valence-corrected chi connectivity index (χ4v) is 9.89. The number of thioether (sulfide) groups is 1. The Morgan fingerprint density at radius 3 is 2.08 bits per heavy atom. The fraction of sp³-hybridized carbons (Fsp3) is 0.750. The second-order valence-electron chi connectivity index (χ2n) is 15.5. The molecule has 1 aliphatic heterocycles. The van der Waals surface area contributed by atoms with Crippen LogP contribution in [0.3, 0.4) is 0 Å². The zero-order chi connectivity index (χ0) is 28.3. The van der Waals surface area contributed by atoms with Gasteiger partial charge in [-0.05, 0) is 103 Å². The molecular formula is C32H54O3SSi2. The van der Waals surface area contributed by atoms with Gasteiger partial charge in [-0.3, -0.25) is 0 Å². The van der Waals surface area contributed by atoms with E-state index in [-0.39, 0.29) is 27.0 Å². The van der Waals surface area contributed by atoms with Crippen LogP contribution in [0.5, 0.6) is 0 Å². The predicted molar refractivity (Wildman–Crippen MR) is 168 cm³/mol. The van der Waals surface area contributed by atoms with Crippen molar-refractivity contribution in [2.75, 3.05) is 6.61 Å². The lowest BCUT2D eigenvalue weighted by atomic mass is 9.57. The normalized spacial score (nSPS) is 30.8. The van der Waals surface area contributed by atoms with Crippen LogP contribution >= 0.6 is 11.8 Å². The maximum absolute atomic E-state index is 7.34. The van der Waals surface area contributed by atoms with Crippen LogP contribution in [-0.4, -0.2) is 40.9 Å². The van der Waals surface area contributed by atoms with E-state index in [4.69, 9.17) is 13.6 Å². The van der Waals surface area contributed by atoms with Crippen LogP contribution in [0.25, 0.3) is 0 Å². The van der Waals surface area contributed by atoms with Gasteiger partial charge in [-0.1, -0.05) is 77.9 Å². The lowest BCUT2D eigenvalue weighted by Gasteiger charge is -2.55. The summed E-state index contributed by atoms with van der Waals surface area (Å²) in [4.78, 5) is 1.29. The summed E-state index contributed by atoms with van der Waals surface area (Å²) < 4.78 is 21.0. The third-order valence-electron chi connectivity index (χ3n) is 10.7. The largest absolute Gasteiger partial charge is 0.414 e. The molecule has 214 valence electrons. The van der Waals surface area contributed by atoms with Gasteiger partial charge in [0.1, 0.15) is 5.44 Å². The summed E-state index contributed by atoms with van der Waals surface area (Å²) in [6, 6.07) is 8.89. The maximum atomic E-state index is 7.34. The van der Waals surface area contributed by atoms with Gasteiger partial charge < -0.3 is 13.6 Å². The smallest absolute Gasteiger partial charge is 0.192 e. The number of rotatable bonds is 6. The fourth-order valence-electron chi connectivity index (χ4n) is 6.07. The predicted octanol–water partition coefficient (Wildman–Crippen LogP) is 9.73. The highest BCUT2D eigenvalue weighted by atomic mass is 32.2. The summed E-state index contributed by atoms with van der Waals surface area (Å²) >= 11 is 1.88. The van der Waals surface area contributed by atoms with Crippen molar-refractivity contribution < 1.29 is 13.6 Å². The summed E-state index contributed by atoms with van der Waals surface area (Å²) in [6.07, 6.45) is 4.97. The van der Waals surface area contributed by atoms with Crippen LogP contribution in [0.4, 0.5) is 0 Å². The molecule has 5 atom stereocenters. The molecule has 4 rings (SSSR count). The number of hydrogen-bond donors (Lipinski definition) is 0. The first-order valence-electron chi connectivity index (χ1n) is 14.8. The van der Waals surface area contributed by atoms with Crippen LogP contribution in [-0.2, 0) is 13.6 Å². The Labute approximate surface area is 240 Å². The van der Waals surface area contributed by atoms with Gasteiger partial charge in [0.05, 0.1) is 12.7 Å². The Morgan fingerprint density at radius 2 is 1.50 bits per heavy atom. The van der Waals surface area contributed by atoms with Gasteiger partial charge in [0, 0.05) is 11.0 Å². The van der Waals surface area contributed by atoms with Crippen molar-refractivity contribution in [2.24, 2.45) is 11.3 Å². The van der Waals surface area contributed by atoms with Gasteiger partial charge in [0.2, 0.25) is 0 Å². The quantitative estimate of drug-likeness (QED) is 0.250. The van der Waals surface area contributed by atoms with Crippen molar-refractivity contribution in [1.82, 2.24) is 0 Å². The Hall–Kier alpha value is -0.376. The highest BCUT2D eigenvalue weighted by Crippen LogP contribution is 2.59. The Bertz CT molecular complexity index is 1030. The molecule has 0 N–H and O–H groups in total. The Kier molecular flexibility index (Phi) is 8.43. The molecule has 2 aliphatic carbocycles. The van der Waals surface area contributed by atoms with E-state index >= 15 is 0 Å². The van der Waals surface area contributed by atoms with Gasteiger partial charge in [-0.25, -0.2) is 0 Å². The third kappa shape index (κ3) is 5.96. The molecule has 0 amide bonds. The number of aryl methyl sites for hydroxylation is 1. The topological polar surface area (TPSA) is 27.7 Å². The second kappa shape index (κ2) is 10.5. The minimum atomic E-state index is -1.95. The van der Waals surface area contributed by atoms with Gasteiger partial charge >= 0.3 is 0 Å². The molecular weight excluding hydrogens is 521 g/mol. The van der Waals surface area contributed by atoms with E-state index in [1.54, 1.807) is 5.57 Å². The summed E-state index contributed by atoms with van der Waals surface area (Å²) in [5, 5.41) is 0.415. The molecule has 0 saturated heterocycles. The molecule has 3 aliphatic rings. The van der Waals surface area contributed by atoms with Gasteiger partial charge in [0.15, 0.2) is 16.6 Å². The molecule has 1 heterocycles. The van der Waals surface area contributed by atoms with Gasteiger partial charge in [0.25, 0.3) is 0 Å². The van der Waals surface area contributed by atoms with Crippen LogP contribution in [0, 0.1) is 18.3 Å². The van der Waals surface area contributed by atoms with Crippen molar-refractivity contribution in [3.05, 3.63) is 41.0 Å². The molecule has 1 aromatic rings. The highest BCUT2D eigenvalue weighted by Gasteiger charge is 2.55. The number of ether oxygens (including phenoxy) is 1. The number of benzene rings is 1. The summed E-state index contributed by atoms with van der Waals surface area (Å²) in [7, 11) is -3.78. The van der Waals surface area contributed by atoms with Gasteiger partial charge in [-0.15, -0.1) is 0 Å².